The van der Waals surface area contributed by atoms with E-state index in [4.69, 9.17) is 14.1 Å². The molecule has 2 amide bonds. The van der Waals surface area contributed by atoms with Gasteiger partial charge in [-0.05, 0) is 68.0 Å². The maximum atomic E-state index is 13.3. The summed E-state index contributed by atoms with van der Waals surface area (Å²) >= 11 is 0. The van der Waals surface area contributed by atoms with Crippen LogP contribution in [-0.2, 0) is 24.4 Å². The zero-order valence-electron chi connectivity index (χ0n) is 26.8. The summed E-state index contributed by atoms with van der Waals surface area (Å²) in [6, 6.07) is 10.1. The van der Waals surface area contributed by atoms with Gasteiger partial charge in [0, 0.05) is 70.4 Å². The molecule has 6 rings (SSSR count). The van der Waals surface area contributed by atoms with E-state index in [1.165, 1.54) is 23.9 Å². The minimum atomic E-state index is -0.712. The number of nitrogens with zero attached hydrogens (tertiary/aromatic N) is 5. The van der Waals surface area contributed by atoms with Gasteiger partial charge in [-0.3, -0.25) is 14.5 Å². The van der Waals surface area contributed by atoms with E-state index < -0.39 is 6.10 Å². The number of oxazole rings is 1. The van der Waals surface area contributed by atoms with Crippen LogP contribution in [0, 0.1) is 6.92 Å². The molecule has 1 atom stereocenters. The highest BCUT2D eigenvalue weighted by Crippen LogP contribution is 2.27. The molecule has 12 heteroatoms. The van der Waals surface area contributed by atoms with Crippen molar-refractivity contribution in [3.05, 3.63) is 64.9 Å². The summed E-state index contributed by atoms with van der Waals surface area (Å²) in [6.45, 7) is 8.88. The maximum Gasteiger partial charge on any atom is 0.251 e. The molecule has 2 aromatic heterocycles. The highest BCUT2D eigenvalue weighted by atomic mass is 16.5. The third-order valence-corrected chi connectivity index (χ3v) is 9.24. The van der Waals surface area contributed by atoms with Crippen molar-refractivity contribution in [1.29, 1.82) is 0 Å². The average molecular weight is 632 g/mol. The fourth-order valence-corrected chi connectivity index (χ4v) is 6.18. The number of carbonyl (C=O) groups excluding carboxylic acids is 2. The Labute approximate surface area is 270 Å². The molecule has 1 saturated heterocycles. The van der Waals surface area contributed by atoms with Gasteiger partial charge in [0.25, 0.3) is 5.91 Å². The van der Waals surface area contributed by atoms with E-state index in [-0.39, 0.29) is 18.4 Å². The second-order valence-electron chi connectivity index (χ2n) is 12.5. The molecule has 0 bridgehead atoms. The topological polar surface area (TPSA) is 136 Å². The Morgan fingerprint density at radius 1 is 1.11 bits per heavy atom. The molecule has 3 N–H and O–H groups in total. The van der Waals surface area contributed by atoms with Gasteiger partial charge >= 0.3 is 0 Å². The highest BCUT2D eigenvalue weighted by Gasteiger charge is 2.25. The van der Waals surface area contributed by atoms with Crippen LogP contribution in [0.15, 0.2) is 41.1 Å². The molecule has 3 aliphatic rings. The van der Waals surface area contributed by atoms with Crippen molar-refractivity contribution >= 4 is 23.5 Å². The molecular formula is C34H45N7O5. The maximum absolute atomic E-state index is 13.3. The summed E-state index contributed by atoms with van der Waals surface area (Å²) < 4.78 is 11.3. The predicted molar refractivity (Wildman–Crippen MR) is 174 cm³/mol. The van der Waals surface area contributed by atoms with Crippen LogP contribution in [0.2, 0.25) is 0 Å². The van der Waals surface area contributed by atoms with Gasteiger partial charge in [0.15, 0.2) is 12.2 Å². The van der Waals surface area contributed by atoms with Gasteiger partial charge in [-0.25, -0.2) is 9.97 Å². The lowest BCUT2D eigenvalue weighted by Crippen LogP contribution is -2.49. The number of aliphatic hydroxyl groups excluding tert-OH is 1. The molecule has 3 aromatic rings. The Morgan fingerprint density at radius 2 is 1.93 bits per heavy atom. The number of benzene rings is 1. The number of hydrogen-bond donors (Lipinski definition) is 3. The Morgan fingerprint density at radius 3 is 2.65 bits per heavy atom. The van der Waals surface area contributed by atoms with Gasteiger partial charge < -0.3 is 34.7 Å². The van der Waals surface area contributed by atoms with Gasteiger partial charge in [0.2, 0.25) is 5.91 Å². The van der Waals surface area contributed by atoms with Gasteiger partial charge in [-0.1, -0.05) is 13.0 Å². The van der Waals surface area contributed by atoms with Crippen molar-refractivity contribution in [2.45, 2.75) is 71.2 Å². The number of nitrogens with one attached hydrogen (secondary N) is 2. The molecule has 12 nitrogen and oxygen atoms in total. The lowest BCUT2D eigenvalue weighted by Gasteiger charge is -2.36. The number of amides is 2. The van der Waals surface area contributed by atoms with Crippen LogP contribution < -0.4 is 20.3 Å². The summed E-state index contributed by atoms with van der Waals surface area (Å²) in [7, 11) is 0. The van der Waals surface area contributed by atoms with Crippen LogP contribution >= 0.6 is 0 Å². The van der Waals surface area contributed by atoms with Crippen LogP contribution in [-0.4, -0.2) is 94.6 Å². The number of piperazine rings is 1. The quantitative estimate of drug-likeness (QED) is 0.274. The first-order valence-corrected chi connectivity index (χ1v) is 16.5. The van der Waals surface area contributed by atoms with E-state index in [1.54, 1.807) is 6.07 Å². The number of fused-ring (bicyclic) bond motifs is 1. The highest BCUT2D eigenvalue weighted by molar-refractivity contribution is 5.95. The fraction of sp³-hybridized carbons (Fsp3) is 0.529. The van der Waals surface area contributed by atoms with Crippen LogP contribution in [0.5, 0.6) is 5.75 Å². The first kappa shape index (κ1) is 31.8. The third-order valence-electron chi connectivity index (χ3n) is 9.24. The molecule has 1 aliphatic carbocycles. The summed E-state index contributed by atoms with van der Waals surface area (Å²) in [5, 5.41) is 17.3. The monoisotopic (exact) mass is 631 g/mol. The Hall–Kier alpha value is -4.16. The number of aromatic nitrogens is 2. The number of anilines is 2. The first-order valence-electron chi connectivity index (χ1n) is 16.5. The molecule has 46 heavy (non-hydrogen) atoms. The lowest BCUT2D eigenvalue weighted by atomic mass is 9.93. The van der Waals surface area contributed by atoms with Gasteiger partial charge in [-0.2, -0.15) is 0 Å². The van der Waals surface area contributed by atoms with Gasteiger partial charge in [0.1, 0.15) is 24.0 Å². The van der Waals surface area contributed by atoms with E-state index in [1.807, 2.05) is 30.9 Å². The zero-order chi connectivity index (χ0) is 32.0. The second-order valence-corrected chi connectivity index (χ2v) is 12.5. The van der Waals surface area contributed by atoms with Crippen molar-refractivity contribution < 1.29 is 23.8 Å². The molecule has 1 aromatic carbocycles. The number of rotatable bonds is 12. The van der Waals surface area contributed by atoms with Gasteiger partial charge in [0.05, 0.1) is 11.8 Å². The van der Waals surface area contributed by atoms with Crippen LogP contribution in [0.25, 0.3) is 0 Å². The Bertz CT molecular complexity index is 1520. The summed E-state index contributed by atoms with van der Waals surface area (Å²) in [5.41, 5.74) is 3.79. The van der Waals surface area contributed by atoms with Crippen molar-refractivity contribution in [2.75, 3.05) is 56.0 Å². The molecule has 4 heterocycles. The molecule has 0 radical (unpaired) electrons. The summed E-state index contributed by atoms with van der Waals surface area (Å²) in [4.78, 5) is 40.7. The minimum Gasteiger partial charge on any atom is -0.486 e. The third kappa shape index (κ3) is 7.79. The van der Waals surface area contributed by atoms with Crippen LogP contribution in [0.4, 0.5) is 11.6 Å². The van der Waals surface area contributed by atoms with Crippen molar-refractivity contribution in [2.24, 2.45) is 0 Å². The Balaban J connectivity index is 1.02. The molecule has 0 spiro atoms. The summed E-state index contributed by atoms with van der Waals surface area (Å²) in [6.07, 6.45) is 5.45. The number of carbonyl (C=O) groups is 2. The van der Waals surface area contributed by atoms with Crippen LogP contribution in [0.3, 0.4) is 0 Å². The fourth-order valence-electron chi connectivity index (χ4n) is 6.18. The van der Waals surface area contributed by atoms with Crippen molar-refractivity contribution in [3.63, 3.8) is 0 Å². The molecule has 246 valence electrons. The van der Waals surface area contributed by atoms with Crippen LogP contribution in [0.1, 0.15) is 65.5 Å². The Kier molecular flexibility index (Phi) is 10.0. The summed E-state index contributed by atoms with van der Waals surface area (Å²) in [5.74, 6) is 2.86. The lowest BCUT2D eigenvalue weighted by molar-refractivity contribution is -0.131. The number of β-amino-alcohol motifs (C(OH)–C–C–N with tert-alkyl or cyclic N) is 1. The predicted octanol–water partition coefficient (Wildman–Crippen LogP) is 3.13. The van der Waals surface area contributed by atoms with E-state index in [2.05, 4.69) is 37.6 Å². The molecule has 2 fully saturated rings. The SMILES string of the molecule is CCC(=O)N1CCN(c2cc(C(=O)NCC(O)CN3CCc4cc(OCc5ocnc5C)ccc4C3)cc(NC3CCC3)n2)CC1. The van der Waals surface area contributed by atoms with E-state index in [0.717, 1.165) is 55.4 Å². The smallest absolute Gasteiger partial charge is 0.251 e. The van der Waals surface area contributed by atoms with Gasteiger partial charge in [-0.15, -0.1) is 0 Å². The normalized spacial score (nSPS) is 17.6. The zero-order valence-corrected chi connectivity index (χ0v) is 26.8. The van der Waals surface area contributed by atoms with E-state index in [0.29, 0.717) is 63.2 Å². The number of pyridine rings is 1. The molecule has 1 unspecified atom stereocenters. The number of ether oxygens (including phenoxy) is 1. The van der Waals surface area contributed by atoms with Crippen molar-refractivity contribution in [3.8, 4) is 5.75 Å². The minimum absolute atomic E-state index is 0.150. The largest absolute Gasteiger partial charge is 0.486 e. The number of aliphatic hydroxyl groups is 1. The first-order chi connectivity index (χ1) is 22.3. The van der Waals surface area contributed by atoms with Crippen molar-refractivity contribution in [1.82, 2.24) is 25.1 Å². The average Bonchev–Trinajstić information content (AvgIpc) is 3.48. The van der Waals surface area contributed by atoms with E-state index in [9.17, 15) is 14.7 Å². The van der Waals surface area contributed by atoms with E-state index >= 15 is 0 Å². The number of aryl methyl sites for hydroxylation is 1. The molecule has 2 aliphatic heterocycles. The number of hydrogen-bond acceptors (Lipinski definition) is 10. The molecular weight excluding hydrogens is 586 g/mol. The second kappa shape index (κ2) is 14.5. The standard InChI is InChI=1S/C34H45N7O5/c1-3-33(43)41-13-11-40(12-14-41)32-17-26(16-31(38-32)37-27-5-4-6-27)34(44)35-18-28(42)20-39-10-9-24-15-29(8-7-25(24)19-39)45-21-30-23(2)36-22-46-30/h7-8,15-17,22,27-28,42H,3-6,9-14,18-21H2,1-2H3,(H,35,44)(H,37,38). The molecule has 1 saturated carbocycles.